The minimum atomic E-state index is -0.274. The second kappa shape index (κ2) is 10.5. The third kappa shape index (κ3) is 4.92. The Bertz CT molecular complexity index is 1570. The Hall–Kier alpha value is -4.38. The minimum Gasteiger partial charge on any atom is -0.497 e. The van der Waals surface area contributed by atoms with Crippen molar-refractivity contribution in [3.05, 3.63) is 70.0 Å². The zero-order chi connectivity index (χ0) is 26.8. The normalized spacial score (nSPS) is 13.5. The van der Waals surface area contributed by atoms with Gasteiger partial charge in [0.05, 0.1) is 35.6 Å². The van der Waals surface area contributed by atoms with Gasteiger partial charge < -0.3 is 20.1 Å². The van der Waals surface area contributed by atoms with Gasteiger partial charge >= 0.3 is 0 Å². The lowest BCUT2D eigenvalue weighted by Gasteiger charge is -2.24. The average Bonchev–Trinajstić information content (AvgIpc) is 3.71. The van der Waals surface area contributed by atoms with E-state index in [1.165, 1.54) is 10.7 Å². The van der Waals surface area contributed by atoms with E-state index in [1.54, 1.807) is 19.2 Å². The molecule has 38 heavy (non-hydrogen) atoms. The van der Waals surface area contributed by atoms with Gasteiger partial charge in [-0.25, -0.2) is 4.98 Å². The maximum absolute atomic E-state index is 9.68. The lowest BCUT2D eigenvalue weighted by Crippen LogP contribution is -2.27. The van der Waals surface area contributed by atoms with Gasteiger partial charge in [0.1, 0.15) is 11.8 Å². The Morgan fingerprint density at radius 1 is 1.24 bits per heavy atom. The van der Waals surface area contributed by atoms with Crippen LogP contribution in [0.2, 0.25) is 5.02 Å². The maximum atomic E-state index is 9.68. The SMILES string of the molecule is COc1ccc(CN(c2nc(Nc3cc(C#N)cc(C(C)CO)c3Cl)nn3c(C#N)cnc23)C2CC2)cc1. The fourth-order valence-corrected chi connectivity index (χ4v) is 4.60. The van der Waals surface area contributed by atoms with Crippen LogP contribution in [0, 0.1) is 22.7 Å². The Kier molecular flexibility index (Phi) is 7.01. The van der Waals surface area contributed by atoms with E-state index >= 15 is 0 Å². The van der Waals surface area contributed by atoms with E-state index in [9.17, 15) is 15.6 Å². The molecule has 4 aromatic rings. The summed E-state index contributed by atoms with van der Waals surface area (Å²) in [5.41, 5.74) is 3.25. The molecule has 11 heteroatoms. The zero-order valence-corrected chi connectivity index (χ0v) is 21.6. The highest BCUT2D eigenvalue weighted by atomic mass is 35.5. The second-order valence-corrected chi connectivity index (χ2v) is 9.58. The predicted molar refractivity (Wildman–Crippen MR) is 143 cm³/mol. The molecule has 0 spiro atoms. The first-order valence-electron chi connectivity index (χ1n) is 12.1. The molecule has 2 heterocycles. The molecule has 2 N–H and O–H groups in total. The van der Waals surface area contributed by atoms with Crippen LogP contribution < -0.4 is 15.0 Å². The molecule has 1 saturated carbocycles. The third-order valence-corrected chi connectivity index (χ3v) is 6.93. The fraction of sp³-hybridized carbons (Fsp3) is 0.296. The van der Waals surface area contributed by atoms with E-state index in [4.69, 9.17) is 21.3 Å². The lowest BCUT2D eigenvalue weighted by molar-refractivity contribution is 0.273. The summed E-state index contributed by atoms with van der Waals surface area (Å²) in [7, 11) is 1.63. The zero-order valence-electron chi connectivity index (χ0n) is 20.9. The van der Waals surface area contributed by atoms with Crippen molar-refractivity contribution in [2.75, 3.05) is 23.9 Å². The van der Waals surface area contributed by atoms with Crippen molar-refractivity contribution >= 4 is 34.7 Å². The van der Waals surface area contributed by atoms with Crippen molar-refractivity contribution in [3.63, 3.8) is 0 Å². The fourth-order valence-electron chi connectivity index (χ4n) is 4.26. The van der Waals surface area contributed by atoms with E-state index in [1.807, 2.05) is 31.2 Å². The number of nitrogens with one attached hydrogen (secondary N) is 1. The number of rotatable bonds is 9. The van der Waals surface area contributed by atoms with Gasteiger partial charge in [0.15, 0.2) is 17.2 Å². The van der Waals surface area contributed by atoms with Gasteiger partial charge in [0.2, 0.25) is 5.95 Å². The number of nitrogens with zero attached hydrogens (tertiary/aromatic N) is 7. The van der Waals surface area contributed by atoms with Gasteiger partial charge in [-0.05, 0) is 48.2 Å². The van der Waals surface area contributed by atoms with Crippen LogP contribution in [-0.4, -0.2) is 44.4 Å². The molecule has 2 aromatic heterocycles. The number of hydrogen-bond acceptors (Lipinski definition) is 9. The summed E-state index contributed by atoms with van der Waals surface area (Å²) in [6.07, 6.45) is 3.50. The van der Waals surface area contributed by atoms with Crippen molar-refractivity contribution in [1.29, 1.82) is 10.5 Å². The quantitative estimate of drug-likeness (QED) is 0.321. The standard InChI is InChI=1S/C27H25ClN8O2/c1-16(15-37)22-9-18(11-29)10-23(24(22)28)32-27-33-26(25-31-13-20(12-30)36(25)34-27)35(19-5-6-19)14-17-3-7-21(38-2)8-4-17/h3-4,7-10,13,16,19,37H,5-6,14-15H2,1-2H3,(H,32,34). The van der Waals surface area contributed by atoms with Crippen LogP contribution in [0.25, 0.3) is 5.65 Å². The summed E-state index contributed by atoms with van der Waals surface area (Å²) < 4.78 is 6.75. The molecule has 0 radical (unpaired) electrons. The summed E-state index contributed by atoms with van der Waals surface area (Å²) in [5, 5.41) is 36.9. The molecule has 1 fully saturated rings. The maximum Gasteiger partial charge on any atom is 0.247 e. The van der Waals surface area contributed by atoms with Gasteiger partial charge in [-0.1, -0.05) is 30.7 Å². The van der Waals surface area contributed by atoms with Crippen LogP contribution in [0.1, 0.15) is 48.1 Å². The van der Waals surface area contributed by atoms with Crippen LogP contribution >= 0.6 is 11.6 Å². The smallest absolute Gasteiger partial charge is 0.247 e. The summed E-state index contributed by atoms with van der Waals surface area (Å²) in [4.78, 5) is 11.5. The van der Waals surface area contributed by atoms with Gasteiger partial charge in [-0.15, -0.1) is 5.10 Å². The molecule has 5 rings (SSSR count). The Morgan fingerprint density at radius 2 is 2.00 bits per heavy atom. The van der Waals surface area contributed by atoms with Gasteiger partial charge in [0, 0.05) is 25.1 Å². The first-order chi connectivity index (χ1) is 18.4. The number of aliphatic hydroxyl groups is 1. The summed E-state index contributed by atoms with van der Waals surface area (Å²) in [6.45, 7) is 2.28. The van der Waals surface area contributed by atoms with Gasteiger partial charge in [-0.2, -0.15) is 20.0 Å². The molecule has 1 atom stereocenters. The van der Waals surface area contributed by atoms with Crippen molar-refractivity contribution in [1.82, 2.24) is 19.6 Å². The van der Waals surface area contributed by atoms with Gasteiger partial charge in [0.25, 0.3) is 0 Å². The number of benzene rings is 2. The number of aromatic nitrogens is 4. The first kappa shape index (κ1) is 25.3. The van der Waals surface area contributed by atoms with Crippen LogP contribution in [0.4, 0.5) is 17.5 Å². The number of anilines is 3. The average molecular weight is 529 g/mol. The van der Waals surface area contributed by atoms with E-state index in [2.05, 4.69) is 32.4 Å². The molecular weight excluding hydrogens is 504 g/mol. The Morgan fingerprint density at radius 3 is 2.63 bits per heavy atom. The Labute approximate surface area is 224 Å². The predicted octanol–water partition coefficient (Wildman–Crippen LogP) is 4.54. The molecule has 2 aromatic carbocycles. The summed E-state index contributed by atoms with van der Waals surface area (Å²) in [6, 6.07) is 15.7. The number of ether oxygens (including phenoxy) is 1. The number of halogens is 1. The number of aliphatic hydroxyl groups excluding tert-OH is 1. The molecule has 10 nitrogen and oxygen atoms in total. The van der Waals surface area contributed by atoms with Crippen LogP contribution in [0.3, 0.4) is 0 Å². The molecule has 1 aliphatic carbocycles. The lowest BCUT2D eigenvalue weighted by atomic mass is 9.99. The molecule has 0 saturated heterocycles. The monoisotopic (exact) mass is 528 g/mol. The highest BCUT2D eigenvalue weighted by Gasteiger charge is 2.33. The van der Waals surface area contributed by atoms with Crippen molar-refractivity contribution < 1.29 is 9.84 Å². The van der Waals surface area contributed by atoms with Crippen molar-refractivity contribution in [3.8, 4) is 17.9 Å². The van der Waals surface area contributed by atoms with E-state index in [0.29, 0.717) is 39.8 Å². The van der Waals surface area contributed by atoms with E-state index in [-0.39, 0.29) is 30.2 Å². The minimum absolute atomic E-state index is 0.122. The largest absolute Gasteiger partial charge is 0.497 e. The highest BCUT2D eigenvalue weighted by molar-refractivity contribution is 6.34. The molecule has 0 aliphatic heterocycles. The van der Waals surface area contributed by atoms with Gasteiger partial charge in [-0.3, -0.25) is 0 Å². The van der Waals surface area contributed by atoms with Crippen LogP contribution in [0.15, 0.2) is 42.6 Å². The number of nitriles is 2. The summed E-state index contributed by atoms with van der Waals surface area (Å²) >= 11 is 6.68. The number of imidazole rings is 1. The van der Waals surface area contributed by atoms with Crippen LogP contribution in [0.5, 0.6) is 5.75 Å². The Balaban J connectivity index is 1.59. The van der Waals surface area contributed by atoms with E-state index in [0.717, 1.165) is 24.2 Å². The molecular formula is C27H25ClN8O2. The van der Waals surface area contributed by atoms with Crippen molar-refractivity contribution in [2.24, 2.45) is 0 Å². The number of hydrogen-bond donors (Lipinski definition) is 2. The highest BCUT2D eigenvalue weighted by Crippen LogP contribution is 2.37. The van der Waals surface area contributed by atoms with E-state index < -0.39 is 0 Å². The molecule has 192 valence electrons. The van der Waals surface area contributed by atoms with Crippen LogP contribution in [-0.2, 0) is 6.54 Å². The molecule has 1 aliphatic rings. The summed E-state index contributed by atoms with van der Waals surface area (Å²) in [5.74, 6) is 1.28. The molecule has 0 amide bonds. The number of fused-ring (bicyclic) bond motifs is 1. The molecule has 1 unspecified atom stereocenters. The number of methoxy groups -OCH3 is 1. The second-order valence-electron chi connectivity index (χ2n) is 9.20. The topological polar surface area (TPSA) is 135 Å². The first-order valence-corrected chi connectivity index (χ1v) is 12.5. The van der Waals surface area contributed by atoms with Crippen molar-refractivity contribution in [2.45, 2.75) is 38.3 Å². The molecule has 0 bridgehead atoms. The third-order valence-electron chi connectivity index (χ3n) is 6.51.